The van der Waals surface area contributed by atoms with Crippen LogP contribution in [0.25, 0.3) is 0 Å². The molecule has 0 fully saturated rings. The van der Waals surface area contributed by atoms with Gasteiger partial charge in [0.25, 0.3) is 0 Å². The predicted molar refractivity (Wildman–Crippen MR) is 78.6 cm³/mol. The van der Waals surface area contributed by atoms with Crippen LogP contribution in [0, 0.1) is 17.7 Å². The minimum Gasteiger partial charge on any atom is -0.483 e. The van der Waals surface area contributed by atoms with Crippen molar-refractivity contribution in [2.75, 3.05) is 5.88 Å². The van der Waals surface area contributed by atoms with Gasteiger partial charge in [-0.05, 0) is 25.1 Å². The van der Waals surface area contributed by atoms with Gasteiger partial charge < -0.3 is 4.74 Å². The number of alkyl halides is 1. The Kier molecular flexibility index (Phi) is 5.59. The third-order valence-corrected chi connectivity index (χ3v) is 2.92. The molecule has 2 rings (SSSR count). The summed E-state index contributed by atoms with van der Waals surface area (Å²) in [7, 11) is 0. The van der Waals surface area contributed by atoms with Crippen molar-refractivity contribution in [2.24, 2.45) is 0 Å². The zero-order chi connectivity index (χ0) is 15.1. The summed E-state index contributed by atoms with van der Waals surface area (Å²) < 4.78 is 20.9. The molecule has 0 bridgehead atoms. The molecule has 2 aromatic rings. The number of nitrogens with zero attached hydrogens (tertiary/aromatic N) is 3. The Morgan fingerprint density at radius 2 is 2.29 bits per heavy atom. The molecule has 0 aliphatic carbocycles. The van der Waals surface area contributed by atoms with Gasteiger partial charge in [-0.3, -0.25) is 0 Å². The van der Waals surface area contributed by atoms with Crippen molar-refractivity contribution >= 4 is 11.6 Å². The summed E-state index contributed by atoms with van der Waals surface area (Å²) in [4.78, 5) is 4.08. The number of halogens is 2. The molecule has 0 amide bonds. The average Bonchev–Trinajstić information content (AvgIpc) is 2.95. The lowest BCUT2D eigenvalue weighted by atomic mass is 10.2. The summed E-state index contributed by atoms with van der Waals surface area (Å²) in [5.74, 6) is 6.66. The second-order valence-corrected chi connectivity index (χ2v) is 4.54. The molecule has 1 aromatic carbocycles. The normalized spacial score (nSPS) is 10.0. The number of rotatable bonds is 5. The minimum absolute atomic E-state index is 0.151. The maximum atomic E-state index is 13.7. The lowest BCUT2D eigenvalue weighted by molar-refractivity contribution is 0.273. The fourth-order valence-electron chi connectivity index (χ4n) is 1.71. The Morgan fingerprint density at radius 1 is 1.43 bits per heavy atom. The van der Waals surface area contributed by atoms with E-state index in [1.54, 1.807) is 16.8 Å². The Morgan fingerprint density at radius 3 is 3.05 bits per heavy atom. The standard InChI is InChI=1S/C15H15ClFN3O/c1-2-20-15(18-11-19-20)10-21-14-9-12(5-3-4-8-16)6-7-13(14)17/h6-7,9,11H,2,4,8,10H2,1H3. The number of aromatic nitrogens is 3. The molecule has 6 heteroatoms. The maximum Gasteiger partial charge on any atom is 0.165 e. The van der Waals surface area contributed by atoms with Crippen LogP contribution in [0.2, 0.25) is 0 Å². The Hall–Kier alpha value is -2.06. The molecule has 0 N–H and O–H groups in total. The first-order valence-corrected chi connectivity index (χ1v) is 7.12. The van der Waals surface area contributed by atoms with Crippen LogP contribution < -0.4 is 4.74 Å². The smallest absolute Gasteiger partial charge is 0.165 e. The van der Waals surface area contributed by atoms with Crippen molar-refractivity contribution < 1.29 is 9.13 Å². The molecule has 0 radical (unpaired) electrons. The largest absolute Gasteiger partial charge is 0.483 e. The van der Waals surface area contributed by atoms with E-state index in [1.807, 2.05) is 6.92 Å². The van der Waals surface area contributed by atoms with Crippen molar-refractivity contribution in [2.45, 2.75) is 26.5 Å². The third-order valence-electron chi connectivity index (χ3n) is 2.74. The van der Waals surface area contributed by atoms with Gasteiger partial charge in [0.15, 0.2) is 17.4 Å². The van der Waals surface area contributed by atoms with Crippen LogP contribution in [-0.4, -0.2) is 20.6 Å². The summed E-state index contributed by atoms with van der Waals surface area (Å²) in [5.41, 5.74) is 0.688. The predicted octanol–water partition coefficient (Wildman–Crippen LogP) is 3.00. The molecule has 0 saturated heterocycles. The highest BCUT2D eigenvalue weighted by Gasteiger charge is 2.07. The third kappa shape index (κ3) is 4.20. The number of ether oxygens (including phenoxy) is 1. The van der Waals surface area contributed by atoms with Crippen LogP contribution in [0.5, 0.6) is 5.75 Å². The van der Waals surface area contributed by atoms with E-state index in [-0.39, 0.29) is 12.4 Å². The van der Waals surface area contributed by atoms with Crippen molar-refractivity contribution in [1.29, 1.82) is 0 Å². The zero-order valence-corrected chi connectivity index (χ0v) is 12.4. The van der Waals surface area contributed by atoms with Gasteiger partial charge in [-0.1, -0.05) is 11.8 Å². The van der Waals surface area contributed by atoms with Crippen molar-refractivity contribution in [3.8, 4) is 17.6 Å². The number of hydrogen-bond donors (Lipinski definition) is 0. The van der Waals surface area contributed by atoms with E-state index in [2.05, 4.69) is 21.9 Å². The molecule has 0 spiro atoms. The Labute approximate surface area is 127 Å². The van der Waals surface area contributed by atoms with Crippen LogP contribution >= 0.6 is 11.6 Å². The van der Waals surface area contributed by atoms with Gasteiger partial charge in [0, 0.05) is 24.4 Å². The van der Waals surface area contributed by atoms with E-state index < -0.39 is 5.82 Å². The van der Waals surface area contributed by atoms with Crippen LogP contribution in [-0.2, 0) is 13.2 Å². The molecule has 1 aromatic heterocycles. The van der Waals surface area contributed by atoms with Gasteiger partial charge in [-0.2, -0.15) is 5.10 Å². The summed E-state index contributed by atoms with van der Waals surface area (Å²) in [6, 6.07) is 4.52. The monoisotopic (exact) mass is 307 g/mol. The lowest BCUT2D eigenvalue weighted by Crippen LogP contribution is -2.07. The molecule has 21 heavy (non-hydrogen) atoms. The first kappa shape index (κ1) is 15.3. The van der Waals surface area contributed by atoms with Crippen molar-refractivity contribution in [3.63, 3.8) is 0 Å². The summed E-state index contributed by atoms with van der Waals surface area (Å²) >= 11 is 5.56. The van der Waals surface area contributed by atoms with Gasteiger partial charge in [0.2, 0.25) is 0 Å². The van der Waals surface area contributed by atoms with Gasteiger partial charge in [-0.15, -0.1) is 11.6 Å². The summed E-state index contributed by atoms with van der Waals surface area (Å²) in [5, 5.41) is 4.03. The average molecular weight is 308 g/mol. The number of hydrogen-bond acceptors (Lipinski definition) is 3. The fraction of sp³-hybridized carbons (Fsp3) is 0.333. The first-order chi connectivity index (χ1) is 10.2. The second-order valence-electron chi connectivity index (χ2n) is 4.17. The zero-order valence-electron chi connectivity index (χ0n) is 11.6. The minimum atomic E-state index is -0.430. The molecule has 0 aliphatic rings. The lowest BCUT2D eigenvalue weighted by Gasteiger charge is -2.08. The second kappa shape index (κ2) is 7.65. The van der Waals surface area contributed by atoms with Gasteiger partial charge in [-0.25, -0.2) is 14.1 Å². The van der Waals surface area contributed by atoms with E-state index in [0.717, 1.165) is 0 Å². The van der Waals surface area contributed by atoms with Gasteiger partial charge in [0.1, 0.15) is 12.9 Å². The van der Waals surface area contributed by atoms with Crippen LogP contribution in [0.15, 0.2) is 24.5 Å². The SMILES string of the molecule is CCn1ncnc1COc1cc(C#CCCCl)ccc1F. The Bertz CT molecular complexity index is 660. The maximum absolute atomic E-state index is 13.7. The van der Waals surface area contributed by atoms with E-state index in [4.69, 9.17) is 16.3 Å². The van der Waals surface area contributed by atoms with Crippen molar-refractivity contribution in [1.82, 2.24) is 14.8 Å². The molecule has 0 unspecified atom stereocenters. The molecule has 110 valence electrons. The Balaban J connectivity index is 2.09. The first-order valence-electron chi connectivity index (χ1n) is 6.58. The van der Waals surface area contributed by atoms with Crippen molar-refractivity contribution in [3.05, 3.63) is 41.7 Å². The van der Waals surface area contributed by atoms with Crippen LogP contribution in [0.3, 0.4) is 0 Å². The van der Waals surface area contributed by atoms with Crippen LogP contribution in [0.4, 0.5) is 4.39 Å². The molecule has 4 nitrogen and oxygen atoms in total. The molecular weight excluding hydrogens is 293 g/mol. The highest BCUT2D eigenvalue weighted by Crippen LogP contribution is 2.19. The highest BCUT2D eigenvalue weighted by molar-refractivity contribution is 6.18. The van der Waals surface area contributed by atoms with Crippen LogP contribution in [0.1, 0.15) is 24.7 Å². The fourth-order valence-corrected chi connectivity index (χ4v) is 1.80. The number of aryl methyl sites for hydroxylation is 1. The summed E-state index contributed by atoms with van der Waals surface area (Å²) in [6.45, 7) is 2.79. The highest BCUT2D eigenvalue weighted by atomic mass is 35.5. The molecule has 0 aliphatic heterocycles. The van der Waals surface area contributed by atoms with E-state index >= 15 is 0 Å². The van der Waals surface area contributed by atoms with Gasteiger partial charge >= 0.3 is 0 Å². The van der Waals surface area contributed by atoms with E-state index in [9.17, 15) is 4.39 Å². The van der Waals surface area contributed by atoms with Gasteiger partial charge in [0.05, 0.1) is 0 Å². The molecule has 1 heterocycles. The van der Waals surface area contributed by atoms with E-state index in [1.165, 1.54) is 12.4 Å². The summed E-state index contributed by atoms with van der Waals surface area (Å²) in [6.07, 6.45) is 2.04. The molecule has 0 atom stereocenters. The molecule has 0 saturated carbocycles. The van der Waals surface area contributed by atoms with E-state index in [0.29, 0.717) is 30.2 Å². The number of benzene rings is 1. The molecular formula is C15H15ClFN3O. The quantitative estimate of drug-likeness (QED) is 0.630. The topological polar surface area (TPSA) is 39.9 Å².